The van der Waals surface area contributed by atoms with Crippen LogP contribution in [0.2, 0.25) is 0 Å². The molecule has 0 amide bonds. The zero-order valence-electron chi connectivity index (χ0n) is 9.97. The standard InChI is InChI=1S/C15H10FNO2/c16-14-7-3-6-11(8-14)15(18)19-10-13-5-2-1-4-12(13)9-17/h1-8H,10H2. The number of halogens is 1. The van der Waals surface area contributed by atoms with E-state index in [4.69, 9.17) is 10.00 Å². The third kappa shape index (κ3) is 3.17. The highest BCUT2D eigenvalue weighted by Crippen LogP contribution is 2.11. The van der Waals surface area contributed by atoms with E-state index in [1.165, 1.54) is 18.2 Å². The Morgan fingerprint density at radius 2 is 2.00 bits per heavy atom. The summed E-state index contributed by atoms with van der Waals surface area (Å²) < 4.78 is 18.0. The summed E-state index contributed by atoms with van der Waals surface area (Å²) in [6, 6.07) is 14.1. The lowest BCUT2D eigenvalue weighted by Gasteiger charge is -2.06. The largest absolute Gasteiger partial charge is 0.457 e. The van der Waals surface area contributed by atoms with Crippen molar-refractivity contribution in [1.82, 2.24) is 0 Å². The lowest BCUT2D eigenvalue weighted by molar-refractivity contribution is 0.0472. The van der Waals surface area contributed by atoms with Crippen molar-refractivity contribution in [2.45, 2.75) is 6.61 Å². The molecule has 0 aliphatic heterocycles. The molecule has 0 spiro atoms. The Bertz CT molecular complexity index is 647. The lowest BCUT2D eigenvalue weighted by Crippen LogP contribution is -2.06. The minimum Gasteiger partial charge on any atom is -0.457 e. The molecule has 0 aromatic heterocycles. The Kier molecular flexibility index (Phi) is 3.89. The second kappa shape index (κ2) is 5.78. The first-order chi connectivity index (χ1) is 9.20. The molecule has 2 rings (SSSR count). The molecule has 4 heteroatoms. The molecule has 0 aliphatic carbocycles. The van der Waals surface area contributed by atoms with E-state index in [-0.39, 0.29) is 12.2 Å². The molecule has 0 aliphatic rings. The Labute approximate surface area is 109 Å². The molecule has 19 heavy (non-hydrogen) atoms. The fourth-order valence-corrected chi connectivity index (χ4v) is 1.60. The minimum atomic E-state index is -0.618. The Hall–Kier alpha value is -2.67. The van der Waals surface area contributed by atoms with Crippen LogP contribution >= 0.6 is 0 Å². The SMILES string of the molecule is N#Cc1ccccc1COC(=O)c1cccc(F)c1. The van der Waals surface area contributed by atoms with Gasteiger partial charge in [-0.15, -0.1) is 0 Å². The molecular weight excluding hydrogens is 245 g/mol. The summed E-state index contributed by atoms with van der Waals surface area (Å²) in [6.45, 7) is -0.0148. The number of benzene rings is 2. The van der Waals surface area contributed by atoms with Crippen molar-refractivity contribution in [2.75, 3.05) is 0 Å². The number of ether oxygens (including phenoxy) is 1. The maximum Gasteiger partial charge on any atom is 0.338 e. The molecule has 0 saturated heterocycles. The number of esters is 1. The van der Waals surface area contributed by atoms with Crippen molar-refractivity contribution in [3.63, 3.8) is 0 Å². The molecule has 2 aromatic carbocycles. The number of carbonyl (C=O) groups is 1. The maximum absolute atomic E-state index is 13.0. The summed E-state index contributed by atoms with van der Waals surface area (Å²) in [7, 11) is 0. The molecule has 0 bridgehead atoms. The summed E-state index contributed by atoms with van der Waals surface area (Å²) in [5, 5.41) is 8.90. The van der Waals surface area contributed by atoms with Crippen molar-refractivity contribution < 1.29 is 13.9 Å². The normalized spacial score (nSPS) is 9.68. The monoisotopic (exact) mass is 255 g/mol. The average Bonchev–Trinajstić information content (AvgIpc) is 2.45. The fourth-order valence-electron chi connectivity index (χ4n) is 1.60. The van der Waals surface area contributed by atoms with Crippen molar-refractivity contribution in [2.24, 2.45) is 0 Å². The van der Waals surface area contributed by atoms with E-state index in [2.05, 4.69) is 0 Å². The molecule has 0 radical (unpaired) electrons. The molecule has 0 heterocycles. The Morgan fingerprint density at radius 3 is 2.74 bits per heavy atom. The van der Waals surface area contributed by atoms with E-state index in [0.717, 1.165) is 6.07 Å². The first kappa shape index (κ1) is 12.8. The van der Waals surface area contributed by atoms with E-state index in [1.807, 2.05) is 6.07 Å². The van der Waals surface area contributed by atoms with Gasteiger partial charge >= 0.3 is 5.97 Å². The molecule has 2 aromatic rings. The van der Waals surface area contributed by atoms with Crippen molar-refractivity contribution >= 4 is 5.97 Å². The molecule has 0 unspecified atom stereocenters. The van der Waals surface area contributed by atoms with Gasteiger partial charge in [0.15, 0.2) is 0 Å². The van der Waals surface area contributed by atoms with Crippen LogP contribution < -0.4 is 0 Å². The van der Waals surface area contributed by atoms with Crippen LogP contribution in [0.5, 0.6) is 0 Å². The van der Waals surface area contributed by atoms with Crippen LogP contribution in [0.15, 0.2) is 48.5 Å². The second-order valence-electron chi connectivity index (χ2n) is 3.86. The van der Waals surface area contributed by atoms with E-state index < -0.39 is 11.8 Å². The molecular formula is C15H10FNO2. The van der Waals surface area contributed by atoms with E-state index in [9.17, 15) is 9.18 Å². The molecule has 3 nitrogen and oxygen atoms in total. The highest BCUT2D eigenvalue weighted by Gasteiger charge is 2.09. The van der Waals surface area contributed by atoms with Crippen LogP contribution in [0, 0.1) is 17.1 Å². The van der Waals surface area contributed by atoms with Crippen LogP contribution in [0.1, 0.15) is 21.5 Å². The predicted molar refractivity (Wildman–Crippen MR) is 66.7 cm³/mol. The van der Waals surface area contributed by atoms with Gasteiger partial charge in [0.1, 0.15) is 12.4 Å². The number of carbonyl (C=O) groups excluding carboxylic acids is 1. The fraction of sp³-hybridized carbons (Fsp3) is 0.0667. The summed E-state index contributed by atoms with van der Waals surface area (Å²) in [4.78, 5) is 11.7. The van der Waals surface area contributed by atoms with Gasteiger partial charge in [0.2, 0.25) is 0 Å². The average molecular weight is 255 g/mol. The molecule has 0 atom stereocenters. The van der Waals surface area contributed by atoms with Crippen LogP contribution in [0.3, 0.4) is 0 Å². The molecule has 94 valence electrons. The van der Waals surface area contributed by atoms with Crippen molar-refractivity contribution in [3.8, 4) is 6.07 Å². The molecule has 0 saturated carbocycles. The van der Waals surface area contributed by atoms with Gasteiger partial charge in [-0.3, -0.25) is 0 Å². The summed E-state index contributed by atoms with van der Waals surface area (Å²) in [5.41, 5.74) is 1.22. The van der Waals surface area contributed by atoms with Gasteiger partial charge in [-0.1, -0.05) is 24.3 Å². The van der Waals surface area contributed by atoms with E-state index in [1.54, 1.807) is 24.3 Å². The van der Waals surface area contributed by atoms with Crippen LogP contribution in [0.25, 0.3) is 0 Å². The summed E-state index contributed by atoms with van der Waals surface area (Å²) >= 11 is 0. The van der Waals surface area contributed by atoms with Gasteiger partial charge in [0.05, 0.1) is 17.2 Å². The van der Waals surface area contributed by atoms with E-state index >= 15 is 0 Å². The van der Waals surface area contributed by atoms with Gasteiger partial charge in [-0.05, 0) is 24.3 Å². The number of nitrogens with zero attached hydrogens (tertiary/aromatic N) is 1. The van der Waals surface area contributed by atoms with Crippen LogP contribution in [-0.2, 0) is 11.3 Å². The number of nitriles is 1. The van der Waals surface area contributed by atoms with E-state index in [0.29, 0.717) is 11.1 Å². The van der Waals surface area contributed by atoms with Gasteiger partial charge in [0.25, 0.3) is 0 Å². The molecule has 0 fully saturated rings. The minimum absolute atomic E-state index is 0.0148. The first-order valence-corrected chi connectivity index (χ1v) is 5.61. The quantitative estimate of drug-likeness (QED) is 0.792. The highest BCUT2D eigenvalue weighted by molar-refractivity contribution is 5.89. The summed E-state index contributed by atoms with van der Waals surface area (Å²) in [5.74, 6) is -1.11. The first-order valence-electron chi connectivity index (χ1n) is 5.61. The molecule has 0 N–H and O–H groups in total. The number of hydrogen-bond acceptors (Lipinski definition) is 3. The van der Waals surface area contributed by atoms with Crippen molar-refractivity contribution in [1.29, 1.82) is 5.26 Å². The third-order valence-corrected chi connectivity index (χ3v) is 2.56. The zero-order valence-corrected chi connectivity index (χ0v) is 9.97. The highest BCUT2D eigenvalue weighted by atomic mass is 19.1. The summed E-state index contributed by atoms with van der Waals surface area (Å²) in [6.07, 6.45) is 0. The predicted octanol–water partition coefficient (Wildman–Crippen LogP) is 3.05. The second-order valence-corrected chi connectivity index (χ2v) is 3.86. The van der Waals surface area contributed by atoms with Crippen LogP contribution in [0.4, 0.5) is 4.39 Å². The van der Waals surface area contributed by atoms with Crippen molar-refractivity contribution in [3.05, 3.63) is 71.0 Å². The lowest BCUT2D eigenvalue weighted by atomic mass is 10.1. The van der Waals surface area contributed by atoms with Gasteiger partial charge in [-0.2, -0.15) is 5.26 Å². The van der Waals surface area contributed by atoms with Gasteiger partial charge in [0, 0.05) is 5.56 Å². The smallest absolute Gasteiger partial charge is 0.338 e. The number of rotatable bonds is 3. The van der Waals surface area contributed by atoms with Gasteiger partial charge < -0.3 is 4.74 Å². The Morgan fingerprint density at radius 1 is 1.21 bits per heavy atom. The third-order valence-electron chi connectivity index (χ3n) is 2.56. The van der Waals surface area contributed by atoms with Crippen LogP contribution in [-0.4, -0.2) is 5.97 Å². The van der Waals surface area contributed by atoms with Gasteiger partial charge in [-0.25, -0.2) is 9.18 Å². The maximum atomic E-state index is 13.0. The topological polar surface area (TPSA) is 50.1 Å². The Balaban J connectivity index is 2.07. The zero-order chi connectivity index (χ0) is 13.7. The number of hydrogen-bond donors (Lipinski definition) is 0.